The van der Waals surface area contributed by atoms with Crippen LogP contribution in [-0.2, 0) is 16.1 Å². The van der Waals surface area contributed by atoms with Gasteiger partial charge in [-0.3, -0.25) is 4.79 Å². The van der Waals surface area contributed by atoms with Gasteiger partial charge in [-0.15, -0.1) is 0 Å². The Hall–Kier alpha value is -1.10. The number of ether oxygens (including phenoxy) is 1. The zero-order valence-corrected chi connectivity index (χ0v) is 14.2. The van der Waals surface area contributed by atoms with Crippen LogP contribution in [0.3, 0.4) is 0 Å². The Kier molecular flexibility index (Phi) is 6.24. The fraction of sp³-hybridized carbons (Fsp3) is 0.588. The van der Waals surface area contributed by atoms with E-state index < -0.39 is 5.41 Å². The van der Waals surface area contributed by atoms with Crippen LogP contribution in [0.5, 0.6) is 0 Å². The molecule has 0 spiro atoms. The SMILES string of the molecule is CCN(Cc1ccccc1Cl)C(=O)C1(COC)CCNCC1. The summed E-state index contributed by atoms with van der Waals surface area (Å²) in [5.74, 6) is 0.179. The molecule has 0 saturated carbocycles. The van der Waals surface area contributed by atoms with Gasteiger partial charge in [0.2, 0.25) is 5.91 Å². The largest absolute Gasteiger partial charge is 0.384 e. The van der Waals surface area contributed by atoms with E-state index in [-0.39, 0.29) is 5.91 Å². The summed E-state index contributed by atoms with van der Waals surface area (Å²) in [4.78, 5) is 15.0. The number of carbonyl (C=O) groups excluding carboxylic acids is 1. The molecule has 0 atom stereocenters. The predicted octanol–water partition coefficient (Wildman–Crippen LogP) is 2.70. The first-order valence-corrected chi connectivity index (χ1v) is 8.23. The van der Waals surface area contributed by atoms with Crippen molar-refractivity contribution in [3.8, 4) is 0 Å². The van der Waals surface area contributed by atoms with Crippen molar-refractivity contribution in [3.05, 3.63) is 34.9 Å². The fourth-order valence-electron chi connectivity index (χ4n) is 3.10. The third kappa shape index (κ3) is 3.80. The molecular formula is C17H25ClN2O2. The van der Waals surface area contributed by atoms with Crippen molar-refractivity contribution < 1.29 is 9.53 Å². The molecule has 22 heavy (non-hydrogen) atoms. The van der Waals surface area contributed by atoms with Crippen LogP contribution in [0, 0.1) is 5.41 Å². The lowest BCUT2D eigenvalue weighted by Gasteiger charge is -2.39. The van der Waals surface area contributed by atoms with Crippen LogP contribution in [0.4, 0.5) is 0 Å². The quantitative estimate of drug-likeness (QED) is 0.874. The van der Waals surface area contributed by atoms with E-state index in [1.807, 2.05) is 36.1 Å². The van der Waals surface area contributed by atoms with Crippen LogP contribution in [0.15, 0.2) is 24.3 Å². The molecule has 1 aromatic rings. The lowest BCUT2D eigenvalue weighted by atomic mass is 9.78. The molecule has 2 rings (SSSR count). The highest BCUT2D eigenvalue weighted by Crippen LogP contribution is 2.32. The van der Waals surface area contributed by atoms with Gasteiger partial charge in [0, 0.05) is 25.2 Å². The first-order valence-electron chi connectivity index (χ1n) is 7.85. The minimum absolute atomic E-state index is 0.179. The number of hydrogen-bond acceptors (Lipinski definition) is 3. The molecule has 5 heteroatoms. The number of hydrogen-bond donors (Lipinski definition) is 1. The summed E-state index contributed by atoms with van der Waals surface area (Å²) in [5.41, 5.74) is 0.581. The molecule has 0 unspecified atom stereocenters. The van der Waals surface area contributed by atoms with Gasteiger partial charge in [-0.25, -0.2) is 0 Å². The highest BCUT2D eigenvalue weighted by Gasteiger charge is 2.41. The van der Waals surface area contributed by atoms with Crippen LogP contribution in [-0.4, -0.2) is 44.2 Å². The molecule has 122 valence electrons. The van der Waals surface area contributed by atoms with Gasteiger partial charge in [0.25, 0.3) is 0 Å². The van der Waals surface area contributed by atoms with E-state index in [9.17, 15) is 4.79 Å². The molecule has 4 nitrogen and oxygen atoms in total. The number of halogens is 1. The molecule has 1 N–H and O–H groups in total. The van der Waals surface area contributed by atoms with Crippen molar-refractivity contribution in [2.24, 2.45) is 5.41 Å². The Bertz CT molecular complexity index is 496. The maximum atomic E-state index is 13.1. The van der Waals surface area contributed by atoms with E-state index in [0.717, 1.165) is 31.5 Å². The van der Waals surface area contributed by atoms with Crippen LogP contribution in [0.2, 0.25) is 5.02 Å². The number of amides is 1. The minimum Gasteiger partial charge on any atom is -0.384 e. The summed E-state index contributed by atoms with van der Waals surface area (Å²) in [5, 5.41) is 4.03. The molecule has 1 aliphatic heterocycles. The van der Waals surface area contributed by atoms with Crippen molar-refractivity contribution in [3.63, 3.8) is 0 Å². The maximum absolute atomic E-state index is 13.1. The number of nitrogens with one attached hydrogen (secondary N) is 1. The van der Waals surface area contributed by atoms with E-state index in [1.165, 1.54) is 0 Å². The summed E-state index contributed by atoms with van der Waals surface area (Å²) in [7, 11) is 1.67. The van der Waals surface area contributed by atoms with Gasteiger partial charge in [0.05, 0.1) is 12.0 Å². The second-order valence-corrected chi connectivity index (χ2v) is 6.28. The molecule has 1 saturated heterocycles. The summed E-state index contributed by atoms with van der Waals surface area (Å²) in [6.45, 7) is 5.43. The van der Waals surface area contributed by atoms with Gasteiger partial charge >= 0.3 is 0 Å². The molecular weight excluding hydrogens is 300 g/mol. The molecule has 1 aromatic carbocycles. The van der Waals surface area contributed by atoms with E-state index in [2.05, 4.69) is 5.32 Å². The Labute approximate surface area is 137 Å². The Morgan fingerprint density at radius 2 is 2.05 bits per heavy atom. The van der Waals surface area contributed by atoms with Crippen LogP contribution in [0.25, 0.3) is 0 Å². The summed E-state index contributed by atoms with van der Waals surface area (Å²) < 4.78 is 5.37. The van der Waals surface area contributed by atoms with Crippen molar-refractivity contribution in [1.29, 1.82) is 0 Å². The molecule has 0 aliphatic carbocycles. The Balaban J connectivity index is 2.17. The van der Waals surface area contributed by atoms with Crippen molar-refractivity contribution >= 4 is 17.5 Å². The third-order valence-electron chi connectivity index (χ3n) is 4.42. The van der Waals surface area contributed by atoms with E-state index in [1.54, 1.807) is 7.11 Å². The Morgan fingerprint density at radius 3 is 2.64 bits per heavy atom. The molecule has 1 amide bonds. The van der Waals surface area contributed by atoms with E-state index in [4.69, 9.17) is 16.3 Å². The number of methoxy groups -OCH3 is 1. The molecule has 1 heterocycles. The first-order chi connectivity index (χ1) is 10.6. The first kappa shape index (κ1) is 17.3. The highest BCUT2D eigenvalue weighted by atomic mass is 35.5. The van der Waals surface area contributed by atoms with Crippen molar-refractivity contribution in [2.45, 2.75) is 26.3 Å². The van der Waals surface area contributed by atoms with Crippen molar-refractivity contribution in [2.75, 3.05) is 33.4 Å². The average molecular weight is 325 g/mol. The summed E-state index contributed by atoms with van der Waals surface area (Å²) in [6.07, 6.45) is 1.64. The zero-order valence-electron chi connectivity index (χ0n) is 13.4. The van der Waals surface area contributed by atoms with Gasteiger partial charge in [-0.2, -0.15) is 0 Å². The lowest BCUT2D eigenvalue weighted by Crippen LogP contribution is -2.51. The predicted molar refractivity (Wildman–Crippen MR) is 89.0 cm³/mol. The monoisotopic (exact) mass is 324 g/mol. The van der Waals surface area contributed by atoms with Crippen LogP contribution < -0.4 is 5.32 Å². The van der Waals surface area contributed by atoms with Crippen LogP contribution in [0.1, 0.15) is 25.3 Å². The van der Waals surface area contributed by atoms with Gasteiger partial charge < -0.3 is 15.0 Å². The number of carbonyl (C=O) groups is 1. The zero-order chi connectivity index (χ0) is 16.0. The minimum atomic E-state index is -0.405. The van der Waals surface area contributed by atoms with Gasteiger partial charge in [0.1, 0.15) is 0 Å². The lowest BCUT2D eigenvalue weighted by molar-refractivity contribution is -0.148. The Morgan fingerprint density at radius 1 is 1.36 bits per heavy atom. The molecule has 0 aromatic heterocycles. The number of piperidine rings is 1. The second kappa shape index (κ2) is 7.95. The number of nitrogens with zero attached hydrogens (tertiary/aromatic N) is 1. The highest BCUT2D eigenvalue weighted by molar-refractivity contribution is 6.31. The molecule has 0 bridgehead atoms. The average Bonchev–Trinajstić information content (AvgIpc) is 2.54. The van der Waals surface area contributed by atoms with Gasteiger partial charge in [-0.05, 0) is 44.5 Å². The fourth-order valence-corrected chi connectivity index (χ4v) is 3.29. The number of benzene rings is 1. The van der Waals surface area contributed by atoms with Gasteiger partial charge in [-0.1, -0.05) is 29.8 Å². The third-order valence-corrected chi connectivity index (χ3v) is 4.79. The van der Waals surface area contributed by atoms with E-state index in [0.29, 0.717) is 24.7 Å². The van der Waals surface area contributed by atoms with E-state index >= 15 is 0 Å². The molecule has 0 radical (unpaired) electrons. The maximum Gasteiger partial charge on any atom is 0.231 e. The standard InChI is InChI=1S/C17H25ClN2O2/c1-3-20(12-14-6-4-5-7-15(14)18)16(21)17(13-22-2)8-10-19-11-9-17/h4-7,19H,3,8-13H2,1-2H3. The topological polar surface area (TPSA) is 41.6 Å². The van der Waals surface area contributed by atoms with Crippen LogP contribution >= 0.6 is 11.6 Å². The smallest absolute Gasteiger partial charge is 0.231 e. The second-order valence-electron chi connectivity index (χ2n) is 5.87. The normalized spacial score (nSPS) is 17.2. The van der Waals surface area contributed by atoms with Crippen molar-refractivity contribution in [1.82, 2.24) is 10.2 Å². The molecule has 1 fully saturated rings. The van der Waals surface area contributed by atoms with Gasteiger partial charge in [0.15, 0.2) is 0 Å². The molecule has 1 aliphatic rings. The summed E-state index contributed by atoms with van der Waals surface area (Å²) >= 11 is 6.24. The summed E-state index contributed by atoms with van der Waals surface area (Å²) in [6, 6.07) is 7.70. The number of rotatable bonds is 6.